The van der Waals surface area contributed by atoms with Crippen LogP contribution in [0.3, 0.4) is 0 Å². The number of rotatable bonds is 3. The second-order valence-electron chi connectivity index (χ2n) is 6.20. The third-order valence-corrected chi connectivity index (χ3v) is 4.69. The molecular formula is C17H24N4O2. The second-order valence-corrected chi connectivity index (χ2v) is 6.20. The maximum absolute atomic E-state index is 12.5. The maximum atomic E-state index is 12.5. The first-order valence-corrected chi connectivity index (χ1v) is 8.26. The summed E-state index contributed by atoms with van der Waals surface area (Å²) in [6, 6.07) is 8.27. The quantitative estimate of drug-likeness (QED) is 0.873. The average molecular weight is 316 g/mol. The highest BCUT2D eigenvalue weighted by Gasteiger charge is 2.27. The highest BCUT2D eigenvalue weighted by atomic mass is 16.2. The van der Waals surface area contributed by atoms with Gasteiger partial charge in [-0.15, -0.1) is 0 Å². The molecule has 1 saturated heterocycles. The summed E-state index contributed by atoms with van der Waals surface area (Å²) in [4.78, 5) is 27.9. The van der Waals surface area contributed by atoms with E-state index in [1.165, 1.54) is 5.56 Å². The van der Waals surface area contributed by atoms with Crippen molar-refractivity contribution in [2.45, 2.75) is 25.3 Å². The lowest BCUT2D eigenvalue weighted by molar-refractivity contribution is -0.122. The lowest BCUT2D eigenvalue weighted by Crippen LogP contribution is -2.50. The number of hydrogen-bond donors (Lipinski definition) is 2. The molecule has 1 fully saturated rings. The van der Waals surface area contributed by atoms with Crippen LogP contribution in [0.1, 0.15) is 18.4 Å². The van der Waals surface area contributed by atoms with Crippen molar-refractivity contribution in [3.63, 3.8) is 0 Å². The SMILES string of the molecule is CNC(=O)CN1CCC(NC(=O)N2CCc3ccccc32)CC1. The fraction of sp³-hybridized carbons (Fsp3) is 0.529. The molecule has 23 heavy (non-hydrogen) atoms. The number of nitrogens with zero attached hydrogens (tertiary/aromatic N) is 2. The van der Waals surface area contributed by atoms with Gasteiger partial charge in [0.2, 0.25) is 5.91 Å². The van der Waals surface area contributed by atoms with Gasteiger partial charge >= 0.3 is 6.03 Å². The molecule has 6 nitrogen and oxygen atoms in total. The van der Waals surface area contributed by atoms with Gasteiger partial charge in [-0.1, -0.05) is 18.2 Å². The number of likely N-dealkylation sites (N-methyl/N-ethyl adjacent to an activating group) is 1. The number of carbonyl (C=O) groups is 2. The van der Waals surface area contributed by atoms with Gasteiger partial charge in [0.1, 0.15) is 0 Å². The Labute approximate surface area is 136 Å². The number of hydrogen-bond acceptors (Lipinski definition) is 3. The minimum atomic E-state index is -0.000277. The summed E-state index contributed by atoms with van der Waals surface area (Å²) >= 11 is 0. The number of benzene rings is 1. The van der Waals surface area contributed by atoms with Gasteiger partial charge in [-0.2, -0.15) is 0 Å². The molecule has 0 spiro atoms. The summed E-state index contributed by atoms with van der Waals surface area (Å²) in [5.74, 6) is 0.0427. The minimum absolute atomic E-state index is 0.000277. The van der Waals surface area contributed by atoms with Gasteiger partial charge in [0, 0.05) is 38.4 Å². The third kappa shape index (κ3) is 3.64. The van der Waals surface area contributed by atoms with E-state index in [1.54, 1.807) is 7.05 Å². The van der Waals surface area contributed by atoms with Crippen molar-refractivity contribution in [2.24, 2.45) is 0 Å². The Morgan fingerprint density at radius 2 is 1.91 bits per heavy atom. The van der Waals surface area contributed by atoms with E-state index in [2.05, 4.69) is 21.6 Å². The van der Waals surface area contributed by atoms with Crippen LogP contribution in [0.15, 0.2) is 24.3 Å². The van der Waals surface area contributed by atoms with E-state index in [4.69, 9.17) is 0 Å². The second kappa shape index (κ2) is 7.00. The molecule has 0 aromatic heterocycles. The van der Waals surface area contributed by atoms with Crippen LogP contribution < -0.4 is 15.5 Å². The molecule has 124 valence electrons. The Bertz CT molecular complexity index is 582. The van der Waals surface area contributed by atoms with Gasteiger partial charge in [-0.3, -0.25) is 14.6 Å². The van der Waals surface area contributed by atoms with Crippen molar-refractivity contribution in [1.29, 1.82) is 0 Å². The summed E-state index contributed by atoms with van der Waals surface area (Å²) in [6.07, 6.45) is 2.70. The molecule has 6 heteroatoms. The van der Waals surface area contributed by atoms with Gasteiger partial charge < -0.3 is 10.6 Å². The molecular weight excluding hydrogens is 292 g/mol. The highest BCUT2D eigenvalue weighted by molar-refractivity contribution is 5.94. The summed E-state index contributed by atoms with van der Waals surface area (Å²) < 4.78 is 0. The third-order valence-electron chi connectivity index (χ3n) is 4.69. The summed E-state index contributed by atoms with van der Waals surface area (Å²) in [7, 11) is 1.66. The Morgan fingerprint density at radius 3 is 2.65 bits per heavy atom. The molecule has 1 aromatic rings. The molecule has 0 aliphatic carbocycles. The highest BCUT2D eigenvalue weighted by Crippen LogP contribution is 2.27. The lowest BCUT2D eigenvalue weighted by atomic mass is 10.1. The van der Waals surface area contributed by atoms with Crippen LogP contribution in [-0.4, -0.2) is 56.1 Å². The van der Waals surface area contributed by atoms with E-state index >= 15 is 0 Å². The van der Waals surface area contributed by atoms with E-state index in [0.29, 0.717) is 6.54 Å². The van der Waals surface area contributed by atoms with Crippen LogP contribution in [-0.2, 0) is 11.2 Å². The van der Waals surface area contributed by atoms with E-state index in [-0.39, 0.29) is 18.0 Å². The standard InChI is InChI=1S/C17H24N4O2/c1-18-16(22)12-20-9-7-14(8-10-20)19-17(23)21-11-6-13-4-2-3-5-15(13)21/h2-5,14H,6-12H2,1H3,(H,18,22)(H,19,23). The molecule has 3 amide bonds. The Morgan fingerprint density at radius 1 is 1.17 bits per heavy atom. The topological polar surface area (TPSA) is 64.7 Å². The molecule has 2 aliphatic rings. The van der Waals surface area contributed by atoms with Crippen LogP contribution in [0.4, 0.5) is 10.5 Å². The van der Waals surface area contributed by atoms with Crippen molar-refractivity contribution in [3.05, 3.63) is 29.8 Å². The average Bonchev–Trinajstić information content (AvgIpc) is 3.00. The Balaban J connectivity index is 1.50. The number of urea groups is 1. The lowest BCUT2D eigenvalue weighted by Gasteiger charge is -2.32. The van der Waals surface area contributed by atoms with Crippen LogP contribution in [0.25, 0.3) is 0 Å². The normalized spacial score (nSPS) is 18.6. The Kier molecular flexibility index (Phi) is 4.81. The molecule has 0 unspecified atom stereocenters. The molecule has 0 bridgehead atoms. The van der Waals surface area contributed by atoms with Crippen molar-refractivity contribution in [2.75, 3.05) is 38.1 Å². The van der Waals surface area contributed by atoms with Gasteiger partial charge in [0.15, 0.2) is 0 Å². The van der Waals surface area contributed by atoms with Gasteiger partial charge in [-0.05, 0) is 30.9 Å². The monoisotopic (exact) mass is 316 g/mol. The van der Waals surface area contributed by atoms with Crippen LogP contribution in [0, 0.1) is 0 Å². The van der Waals surface area contributed by atoms with E-state index in [9.17, 15) is 9.59 Å². The van der Waals surface area contributed by atoms with Crippen LogP contribution in [0.5, 0.6) is 0 Å². The number of piperidine rings is 1. The van der Waals surface area contributed by atoms with Crippen molar-refractivity contribution in [3.8, 4) is 0 Å². The fourth-order valence-electron chi connectivity index (χ4n) is 3.32. The molecule has 0 radical (unpaired) electrons. The van der Waals surface area contributed by atoms with Crippen LogP contribution in [0.2, 0.25) is 0 Å². The van der Waals surface area contributed by atoms with Gasteiger partial charge in [0.05, 0.1) is 6.54 Å². The van der Waals surface area contributed by atoms with Crippen LogP contribution >= 0.6 is 0 Å². The number of amides is 3. The summed E-state index contributed by atoms with van der Waals surface area (Å²) in [5, 5.41) is 5.79. The van der Waals surface area contributed by atoms with E-state index < -0.39 is 0 Å². The largest absolute Gasteiger partial charge is 0.358 e. The molecule has 2 N–H and O–H groups in total. The Hall–Kier alpha value is -2.08. The number of likely N-dealkylation sites (tertiary alicyclic amines) is 1. The molecule has 2 heterocycles. The van der Waals surface area contributed by atoms with E-state index in [1.807, 2.05) is 23.1 Å². The maximum Gasteiger partial charge on any atom is 0.322 e. The summed E-state index contributed by atoms with van der Waals surface area (Å²) in [5.41, 5.74) is 2.27. The first-order valence-electron chi connectivity index (χ1n) is 8.26. The first kappa shape index (κ1) is 15.8. The number of carbonyl (C=O) groups excluding carboxylic acids is 2. The summed E-state index contributed by atoms with van der Waals surface area (Å²) in [6.45, 7) is 2.88. The smallest absolute Gasteiger partial charge is 0.322 e. The number of nitrogens with one attached hydrogen (secondary N) is 2. The number of para-hydroxylation sites is 1. The zero-order valence-corrected chi connectivity index (χ0v) is 13.5. The van der Waals surface area contributed by atoms with Gasteiger partial charge in [-0.25, -0.2) is 4.79 Å². The minimum Gasteiger partial charge on any atom is -0.358 e. The number of anilines is 1. The zero-order valence-electron chi connectivity index (χ0n) is 13.5. The van der Waals surface area contributed by atoms with Crippen molar-refractivity contribution in [1.82, 2.24) is 15.5 Å². The fourth-order valence-corrected chi connectivity index (χ4v) is 3.32. The van der Waals surface area contributed by atoms with Crippen molar-refractivity contribution < 1.29 is 9.59 Å². The van der Waals surface area contributed by atoms with Gasteiger partial charge in [0.25, 0.3) is 0 Å². The van der Waals surface area contributed by atoms with Crippen molar-refractivity contribution >= 4 is 17.6 Å². The molecule has 2 aliphatic heterocycles. The predicted molar refractivity (Wildman–Crippen MR) is 89.6 cm³/mol. The first-order chi connectivity index (χ1) is 11.2. The number of fused-ring (bicyclic) bond motifs is 1. The molecule has 0 saturated carbocycles. The molecule has 1 aromatic carbocycles. The molecule has 3 rings (SSSR count). The van der Waals surface area contributed by atoms with E-state index in [0.717, 1.165) is 44.6 Å². The molecule has 0 atom stereocenters. The predicted octanol–water partition coefficient (Wildman–Crippen LogP) is 0.969. The zero-order chi connectivity index (χ0) is 16.2.